The molecular formula is C16H22N2O. The summed E-state index contributed by atoms with van der Waals surface area (Å²) in [5.74, 6) is 0.408. The van der Waals surface area contributed by atoms with Crippen molar-refractivity contribution < 1.29 is 5.11 Å². The average Bonchev–Trinajstić information content (AvgIpc) is 2.46. The summed E-state index contributed by atoms with van der Waals surface area (Å²) < 4.78 is 0. The van der Waals surface area contributed by atoms with E-state index in [4.69, 9.17) is 5.11 Å². The minimum atomic E-state index is 0.288. The summed E-state index contributed by atoms with van der Waals surface area (Å²) in [5, 5.41) is 14.9. The second kappa shape index (κ2) is 7.22. The molecule has 0 amide bonds. The van der Waals surface area contributed by atoms with E-state index in [1.54, 1.807) is 0 Å². The van der Waals surface area contributed by atoms with Crippen LogP contribution < -0.4 is 5.32 Å². The van der Waals surface area contributed by atoms with Gasteiger partial charge in [-0.25, -0.2) is 0 Å². The summed E-state index contributed by atoms with van der Waals surface area (Å²) in [5.41, 5.74) is 1.31. The van der Waals surface area contributed by atoms with Crippen LogP contribution in [-0.4, -0.2) is 23.2 Å². The number of aromatic nitrogens is 1. The van der Waals surface area contributed by atoms with Crippen LogP contribution in [0.4, 0.5) is 0 Å². The molecule has 0 fully saturated rings. The van der Waals surface area contributed by atoms with Gasteiger partial charge >= 0.3 is 0 Å². The molecule has 2 aromatic rings. The van der Waals surface area contributed by atoms with Crippen molar-refractivity contribution >= 4 is 10.8 Å². The van der Waals surface area contributed by atoms with Crippen molar-refractivity contribution in [3.63, 3.8) is 0 Å². The molecule has 0 radical (unpaired) electrons. The third-order valence-electron chi connectivity index (χ3n) is 3.45. The maximum atomic E-state index is 8.96. The SMILES string of the molecule is CC(CO)CCCNCc1cccc2cnccc12. The first-order valence-electron chi connectivity index (χ1n) is 6.94. The fourth-order valence-corrected chi connectivity index (χ4v) is 2.23. The molecule has 1 heterocycles. The first kappa shape index (κ1) is 14.0. The Hall–Kier alpha value is -1.45. The Morgan fingerprint density at radius 3 is 3.05 bits per heavy atom. The van der Waals surface area contributed by atoms with Crippen molar-refractivity contribution in [2.45, 2.75) is 26.3 Å². The van der Waals surface area contributed by atoms with Crippen LogP contribution in [0.3, 0.4) is 0 Å². The Morgan fingerprint density at radius 2 is 2.21 bits per heavy atom. The molecule has 0 saturated carbocycles. The summed E-state index contributed by atoms with van der Waals surface area (Å²) >= 11 is 0. The van der Waals surface area contributed by atoms with Crippen LogP contribution >= 0.6 is 0 Å². The zero-order valence-electron chi connectivity index (χ0n) is 11.5. The van der Waals surface area contributed by atoms with Gasteiger partial charge in [-0.3, -0.25) is 4.98 Å². The molecule has 0 aliphatic carbocycles. The van der Waals surface area contributed by atoms with E-state index in [2.05, 4.69) is 41.5 Å². The Morgan fingerprint density at radius 1 is 1.32 bits per heavy atom. The molecule has 0 aliphatic heterocycles. The highest BCUT2D eigenvalue weighted by Crippen LogP contribution is 2.17. The lowest BCUT2D eigenvalue weighted by atomic mass is 10.1. The number of hydrogen-bond donors (Lipinski definition) is 2. The predicted molar refractivity (Wildman–Crippen MR) is 78.9 cm³/mol. The van der Waals surface area contributed by atoms with Crippen LogP contribution in [0.1, 0.15) is 25.3 Å². The molecule has 3 nitrogen and oxygen atoms in total. The summed E-state index contributed by atoms with van der Waals surface area (Å²) in [6.07, 6.45) is 5.92. The van der Waals surface area contributed by atoms with Gasteiger partial charge in [0.15, 0.2) is 0 Å². The van der Waals surface area contributed by atoms with E-state index < -0.39 is 0 Å². The number of aliphatic hydroxyl groups excluding tert-OH is 1. The van der Waals surface area contributed by atoms with Gasteiger partial charge in [0.25, 0.3) is 0 Å². The van der Waals surface area contributed by atoms with E-state index >= 15 is 0 Å². The molecular weight excluding hydrogens is 236 g/mol. The highest BCUT2D eigenvalue weighted by molar-refractivity contribution is 5.84. The summed E-state index contributed by atoms with van der Waals surface area (Å²) in [4.78, 5) is 4.15. The number of fused-ring (bicyclic) bond motifs is 1. The van der Waals surface area contributed by atoms with Gasteiger partial charge in [-0.1, -0.05) is 25.1 Å². The maximum absolute atomic E-state index is 8.96. The zero-order valence-corrected chi connectivity index (χ0v) is 11.5. The second-order valence-electron chi connectivity index (χ2n) is 5.12. The van der Waals surface area contributed by atoms with Crippen molar-refractivity contribution in [3.8, 4) is 0 Å². The van der Waals surface area contributed by atoms with Gasteiger partial charge in [0.1, 0.15) is 0 Å². The van der Waals surface area contributed by atoms with Gasteiger partial charge in [-0.2, -0.15) is 0 Å². The Bertz CT molecular complexity index is 508. The largest absolute Gasteiger partial charge is 0.396 e. The fourth-order valence-electron chi connectivity index (χ4n) is 2.23. The monoisotopic (exact) mass is 258 g/mol. The van der Waals surface area contributed by atoms with Crippen molar-refractivity contribution in [1.29, 1.82) is 0 Å². The van der Waals surface area contributed by atoms with Crippen molar-refractivity contribution in [2.75, 3.05) is 13.2 Å². The molecule has 1 aromatic carbocycles. The average molecular weight is 258 g/mol. The molecule has 0 bridgehead atoms. The lowest BCUT2D eigenvalue weighted by molar-refractivity contribution is 0.228. The number of nitrogens with one attached hydrogen (secondary N) is 1. The molecule has 1 atom stereocenters. The van der Waals surface area contributed by atoms with Crippen molar-refractivity contribution in [3.05, 3.63) is 42.2 Å². The second-order valence-corrected chi connectivity index (χ2v) is 5.12. The molecule has 3 heteroatoms. The molecule has 1 unspecified atom stereocenters. The van der Waals surface area contributed by atoms with E-state index in [0.29, 0.717) is 5.92 Å². The van der Waals surface area contributed by atoms with Gasteiger partial charge in [-0.15, -0.1) is 0 Å². The van der Waals surface area contributed by atoms with Crippen LogP contribution in [0.5, 0.6) is 0 Å². The molecule has 102 valence electrons. The van der Waals surface area contributed by atoms with Crippen LogP contribution in [-0.2, 0) is 6.54 Å². The standard InChI is InChI=1S/C16H22N2O/c1-13(12-19)4-3-8-17-10-14-5-2-6-15-11-18-9-7-16(14)15/h2,5-7,9,11,13,17,19H,3-4,8,10,12H2,1H3. The predicted octanol–water partition coefficient (Wildman–Crippen LogP) is 2.73. The number of nitrogens with zero attached hydrogens (tertiary/aromatic N) is 1. The van der Waals surface area contributed by atoms with Crippen LogP contribution in [0, 0.1) is 5.92 Å². The van der Waals surface area contributed by atoms with Gasteiger partial charge in [-0.05, 0) is 42.3 Å². The molecule has 0 spiro atoms. The molecule has 2 rings (SSSR count). The molecule has 0 saturated heterocycles. The van der Waals surface area contributed by atoms with Crippen LogP contribution in [0.25, 0.3) is 10.8 Å². The van der Waals surface area contributed by atoms with Gasteiger partial charge in [0.2, 0.25) is 0 Å². The van der Waals surface area contributed by atoms with E-state index in [9.17, 15) is 0 Å². The molecule has 2 N–H and O–H groups in total. The highest BCUT2D eigenvalue weighted by atomic mass is 16.3. The van der Waals surface area contributed by atoms with Gasteiger partial charge in [0.05, 0.1) is 0 Å². The van der Waals surface area contributed by atoms with Gasteiger partial charge in [0, 0.05) is 30.9 Å². The summed E-state index contributed by atoms with van der Waals surface area (Å²) in [6.45, 7) is 4.24. The number of aliphatic hydroxyl groups is 1. The van der Waals surface area contributed by atoms with E-state index in [0.717, 1.165) is 25.9 Å². The summed E-state index contributed by atoms with van der Waals surface area (Å²) in [6, 6.07) is 8.40. The fraction of sp³-hybridized carbons (Fsp3) is 0.438. The van der Waals surface area contributed by atoms with Crippen molar-refractivity contribution in [1.82, 2.24) is 10.3 Å². The quantitative estimate of drug-likeness (QED) is 0.751. The Kier molecular flexibility index (Phi) is 5.31. The first-order valence-corrected chi connectivity index (χ1v) is 6.94. The van der Waals surface area contributed by atoms with E-state index in [1.165, 1.54) is 16.3 Å². The number of rotatable bonds is 7. The Balaban J connectivity index is 1.85. The van der Waals surface area contributed by atoms with Crippen molar-refractivity contribution in [2.24, 2.45) is 5.92 Å². The van der Waals surface area contributed by atoms with Gasteiger partial charge < -0.3 is 10.4 Å². The zero-order chi connectivity index (χ0) is 13.5. The molecule has 1 aromatic heterocycles. The normalized spacial score (nSPS) is 12.7. The minimum absolute atomic E-state index is 0.288. The topological polar surface area (TPSA) is 45.1 Å². The smallest absolute Gasteiger partial charge is 0.0456 e. The Labute approximate surface area is 114 Å². The first-order chi connectivity index (χ1) is 9.31. The van der Waals surface area contributed by atoms with E-state index in [-0.39, 0.29) is 6.61 Å². The third-order valence-corrected chi connectivity index (χ3v) is 3.45. The summed E-state index contributed by atoms with van der Waals surface area (Å²) in [7, 11) is 0. The molecule has 19 heavy (non-hydrogen) atoms. The highest BCUT2D eigenvalue weighted by Gasteiger charge is 2.01. The lowest BCUT2D eigenvalue weighted by Crippen LogP contribution is -2.16. The lowest BCUT2D eigenvalue weighted by Gasteiger charge is -2.10. The number of pyridine rings is 1. The number of hydrogen-bond acceptors (Lipinski definition) is 3. The van der Waals surface area contributed by atoms with E-state index in [1.807, 2.05) is 12.4 Å². The number of benzene rings is 1. The molecule has 0 aliphatic rings. The van der Waals surface area contributed by atoms with Crippen LogP contribution in [0.15, 0.2) is 36.7 Å². The minimum Gasteiger partial charge on any atom is -0.396 e. The van der Waals surface area contributed by atoms with Crippen LogP contribution in [0.2, 0.25) is 0 Å². The third kappa shape index (κ3) is 4.01. The maximum Gasteiger partial charge on any atom is 0.0456 e.